The van der Waals surface area contributed by atoms with Crippen LogP contribution in [0, 0.1) is 0 Å². The minimum atomic E-state index is -1.41. The molecule has 2 aromatic heterocycles. The van der Waals surface area contributed by atoms with Crippen LogP contribution in [-0.4, -0.2) is 58.0 Å². The van der Waals surface area contributed by atoms with Crippen molar-refractivity contribution in [2.45, 2.75) is 25.3 Å². The van der Waals surface area contributed by atoms with Gasteiger partial charge in [0, 0.05) is 30.2 Å². The maximum atomic E-state index is 13.1. The van der Waals surface area contributed by atoms with Crippen molar-refractivity contribution in [3.05, 3.63) is 59.6 Å². The molecule has 9 nitrogen and oxygen atoms in total. The third-order valence-electron chi connectivity index (χ3n) is 6.12. The molecule has 4 amide bonds. The number of amides is 4. The van der Waals surface area contributed by atoms with E-state index in [9.17, 15) is 19.2 Å². The Balaban J connectivity index is 1.33. The highest BCUT2D eigenvalue weighted by Crippen LogP contribution is 2.33. The number of hydrogen-bond acceptors (Lipinski definition) is 5. The van der Waals surface area contributed by atoms with Crippen molar-refractivity contribution in [1.29, 1.82) is 0 Å². The molecule has 2 saturated heterocycles. The van der Waals surface area contributed by atoms with E-state index in [1.165, 1.54) is 12.3 Å². The van der Waals surface area contributed by atoms with Crippen LogP contribution in [0.3, 0.4) is 0 Å². The number of rotatable bonds is 5. The van der Waals surface area contributed by atoms with Gasteiger partial charge in [0.2, 0.25) is 0 Å². The van der Waals surface area contributed by atoms with Crippen LogP contribution >= 0.6 is 0 Å². The Morgan fingerprint density at radius 3 is 2.62 bits per heavy atom. The standard InChI is InChI=1S/C23H22N4O5/c1-23(19-11-14-6-2-3-7-18(14)32-19)21(30)27(22(31)25-23)13-17(28)15-10-16(24-12-15)20(29)26-8-4-5-9-26/h2-3,6-7,10-12,24H,4-5,8-9,13H2,1H3,(H,25,31). The zero-order valence-electron chi connectivity index (χ0n) is 17.5. The number of ketones is 1. The van der Waals surface area contributed by atoms with Crippen molar-refractivity contribution in [1.82, 2.24) is 20.1 Å². The predicted molar refractivity (Wildman–Crippen MR) is 114 cm³/mol. The number of carbonyl (C=O) groups is 4. The van der Waals surface area contributed by atoms with Gasteiger partial charge in [0.15, 0.2) is 11.3 Å². The van der Waals surface area contributed by atoms with Crippen molar-refractivity contribution in [2.75, 3.05) is 19.6 Å². The molecule has 2 N–H and O–H groups in total. The third kappa shape index (κ3) is 3.17. The molecule has 4 heterocycles. The second-order valence-corrected chi connectivity index (χ2v) is 8.32. The summed E-state index contributed by atoms with van der Waals surface area (Å²) in [5.41, 5.74) is -0.251. The number of fused-ring (bicyclic) bond motifs is 1. The normalized spacial score (nSPS) is 20.9. The molecule has 9 heteroatoms. The van der Waals surface area contributed by atoms with Crippen molar-refractivity contribution in [2.24, 2.45) is 0 Å². The number of aromatic amines is 1. The van der Waals surface area contributed by atoms with Crippen LogP contribution in [0.5, 0.6) is 0 Å². The summed E-state index contributed by atoms with van der Waals surface area (Å²) in [6, 6.07) is 9.80. The van der Waals surface area contributed by atoms with Crippen LogP contribution in [0.2, 0.25) is 0 Å². The number of Topliss-reactive ketones (excluding diaryl/α,β-unsaturated/α-hetero) is 1. The lowest BCUT2D eigenvalue weighted by atomic mass is 9.98. The molecular formula is C23H22N4O5. The minimum Gasteiger partial charge on any atom is -0.458 e. The summed E-state index contributed by atoms with van der Waals surface area (Å²) in [6.45, 7) is 2.52. The highest BCUT2D eigenvalue weighted by Gasteiger charge is 2.51. The van der Waals surface area contributed by atoms with Gasteiger partial charge in [0.25, 0.3) is 11.8 Å². The maximum absolute atomic E-state index is 13.1. The number of aromatic nitrogens is 1. The maximum Gasteiger partial charge on any atom is 0.325 e. The molecule has 0 bridgehead atoms. The monoisotopic (exact) mass is 434 g/mol. The Kier molecular flexibility index (Phi) is 4.61. The Labute approximate surface area is 183 Å². The first-order valence-electron chi connectivity index (χ1n) is 10.5. The molecule has 0 saturated carbocycles. The molecule has 2 aliphatic rings. The number of nitrogens with one attached hydrogen (secondary N) is 2. The molecule has 0 radical (unpaired) electrons. The van der Waals surface area contributed by atoms with E-state index in [0.717, 1.165) is 23.1 Å². The smallest absolute Gasteiger partial charge is 0.325 e. The van der Waals surface area contributed by atoms with Gasteiger partial charge >= 0.3 is 6.03 Å². The Morgan fingerprint density at radius 1 is 1.12 bits per heavy atom. The minimum absolute atomic E-state index is 0.158. The van der Waals surface area contributed by atoms with Crippen LogP contribution in [0.15, 0.2) is 47.0 Å². The van der Waals surface area contributed by atoms with Gasteiger partial charge in [0.1, 0.15) is 17.0 Å². The second-order valence-electron chi connectivity index (χ2n) is 8.32. The lowest BCUT2D eigenvalue weighted by Gasteiger charge is -2.18. The summed E-state index contributed by atoms with van der Waals surface area (Å²) in [4.78, 5) is 56.4. The number of H-pyrrole nitrogens is 1. The van der Waals surface area contributed by atoms with E-state index in [-0.39, 0.29) is 11.5 Å². The summed E-state index contributed by atoms with van der Waals surface area (Å²) in [5, 5.41) is 3.46. The summed E-state index contributed by atoms with van der Waals surface area (Å²) in [5.74, 6) is -0.876. The van der Waals surface area contributed by atoms with Crippen LogP contribution in [-0.2, 0) is 10.3 Å². The van der Waals surface area contributed by atoms with Crippen LogP contribution in [0.25, 0.3) is 11.0 Å². The summed E-state index contributed by atoms with van der Waals surface area (Å²) in [6.07, 6.45) is 3.37. The van der Waals surface area contributed by atoms with Crippen LogP contribution in [0.4, 0.5) is 4.79 Å². The first kappa shape index (κ1) is 20.0. The number of imide groups is 1. The van der Waals surface area contributed by atoms with Gasteiger partial charge < -0.3 is 19.6 Å². The average molecular weight is 434 g/mol. The van der Waals surface area contributed by atoms with Crippen LogP contribution < -0.4 is 5.32 Å². The Bertz CT molecular complexity index is 1220. The lowest BCUT2D eigenvalue weighted by Crippen LogP contribution is -2.41. The van der Waals surface area contributed by atoms with Crippen molar-refractivity contribution >= 4 is 34.6 Å². The largest absolute Gasteiger partial charge is 0.458 e. The molecular weight excluding hydrogens is 412 g/mol. The van der Waals surface area contributed by atoms with E-state index in [1.807, 2.05) is 18.2 Å². The lowest BCUT2D eigenvalue weighted by molar-refractivity contribution is -0.131. The summed E-state index contributed by atoms with van der Waals surface area (Å²) < 4.78 is 5.80. The molecule has 1 aromatic carbocycles. The zero-order chi connectivity index (χ0) is 22.5. The molecule has 2 fully saturated rings. The van der Waals surface area contributed by atoms with Gasteiger partial charge in [-0.3, -0.25) is 19.3 Å². The van der Waals surface area contributed by atoms with Gasteiger partial charge in [-0.25, -0.2) is 4.79 Å². The summed E-state index contributed by atoms with van der Waals surface area (Å²) >= 11 is 0. The number of nitrogens with zero attached hydrogens (tertiary/aromatic N) is 2. The van der Waals surface area contributed by atoms with E-state index in [2.05, 4.69) is 10.3 Å². The van der Waals surface area contributed by atoms with Crippen molar-refractivity contribution in [3.63, 3.8) is 0 Å². The highest BCUT2D eigenvalue weighted by molar-refractivity contribution is 6.11. The van der Waals surface area contributed by atoms with Gasteiger partial charge in [-0.15, -0.1) is 0 Å². The van der Waals surface area contributed by atoms with E-state index >= 15 is 0 Å². The quantitative estimate of drug-likeness (QED) is 0.473. The molecule has 164 valence electrons. The first-order valence-corrected chi connectivity index (χ1v) is 10.5. The molecule has 2 aliphatic heterocycles. The van der Waals surface area contributed by atoms with Crippen LogP contribution in [0.1, 0.15) is 46.4 Å². The number of furan rings is 1. The highest BCUT2D eigenvalue weighted by atomic mass is 16.3. The first-order chi connectivity index (χ1) is 15.4. The van der Waals surface area contributed by atoms with E-state index in [0.29, 0.717) is 30.1 Å². The topological polar surface area (TPSA) is 116 Å². The van der Waals surface area contributed by atoms with Gasteiger partial charge in [-0.2, -0.15) is 0 Å². The van der Waals surface area contributed by atoms with Gasteiger partial charge in [-0.05, 0) is 38.0 Å². The van der Waals surface area contributed by atoms with E-state index in [4.69, 9.17) is 4.42 Å². The molecule has 1 atom stereocenters. The zero-order valence-corrected chi connectivity index (χ0v) is 17.5. The SMILES string of the molecule is CC1(c2cc3ccccc3o2)NC(=O)N(CC(=O)c2c[nH]c(C(=O)N3CCCC3)c2)C1=O. The molecule has 1 unspecified atom stereocenters. The second kappa shape index (κ2) is 7.37. The van der Waals surface area contributed by atoms with E-state index in [1.54, 1.807) is 24.0 Å². The Hall–Kier alpha value is -3.88. The summed E-state index contributed by atoms with van der Waals surface area (Å²) in [7, 11) is 0. The molecule has 0 spiro atoms. The van der Waals surface area contributed by atoms with Gasteiger partial charge in [0.05, 0.1) is 6.54 Å². The van der Waals surface area contributed by atoms with Crippen molar-refractivity contribution < 1.29 is 23.6 Å². The van der Waals surface area contributed by atoms with Crippen molar-refractivity contribution in [3.8, 4) is 0 Å². The molecule has 0 aliphatic carbocycles. The predicted octanol–water partition coefficient (Wildman–Crippen LogP) is 2.65. The fourth-order valence-corrected chi connectivity index (χ4v) is 4.24. The molecule has 3 aromatic rings. The third-order valence-corrected chi connectivity index (χ3v) is 6.12. The Morgan fingerprint density at radius 2 is 1.88 bits per heavy atom. The number of urea groups is 1. The molecule has 32 heavy (non-hydrogen) atoms. The van der Waals surface area contributed by atoms with Gasteiger partial charge in [-0.1, -0.05) is 18.2 Å². The number of para-hydroxylation sites is 1. The fraction of sp³-hybridized carbons (Fsp3) is 0.304. The number of benzene rings is 1. The fourth-order valence-electron chi connectivity index (χ4n) is 4.24. The molecule has 5 rings (SSSR count). The number of hydrogen-bond donors (Lipinski definition) is 2. The number of carbonyl (C=O) groups excluding carboxylic acids is 4. The average Bonchev–Trinajstić information content (AvgIpc) is 3.57. The number of likely N-dealkylation sites (tertiary alicyclic amines) is 1. The van der Waals surface area contributed by atoms with E-state index < -0.39 is 29.8 Å².